The molecule has 1 aromatic carbocycles. The number of hydrogen-bond donors (Lipinski definition) is 2. The summed E-state index contributed by atoms with van der Waals surface area (Å²) in [6, 6.07) is 5.60. The van der Waals surface area contributed by atoms with Crippen LogP contribution in [0.5, 0.6) is 11.5 Å². The van der Waals surface area contributed by atoms with Crippen LogP contribution >= 0.6 is 0 Å². The summed E-state index contributed by atoms with van der Waals surface area (Å²) < 4.78 is 11.6. The Balaban J connectivity index is 1.80. The maximum absolute atomic E-state index is 11.4. The van der Waals surface area contributed by atoms with Gasteiger partial charge in [0, 0.05) is 17.8 Å². The number of aromatic nitrogens is 3. The molecule has 0 spiro atoms. The Morgan fingerprint density at radius 1 is 1.31 bits per heavy atom. The number of hydrogen-bond acceptors (Lipinski definition) is 5. The van der Waals surface area contributed by atoms with Crippen LogP contribution in [0.1, 0.15) is 30.1 Å². The molecule has 1 aliphatic rings. The number of carboxylic acids is 1. The number of carbonyl (C=O) groups is 1. The fourth-order valence-electron chi connectivity index (χ4n) is 2.87. The third-order valence-corrected chi connectivity index (χ3v) is 4.38. The molecule has 0 aliphatic heterocycles. The fourth-order valence-corrected chi connectivity index (χ4v) is 2.87. The minimum absolute atomic E-state index is 0.120. The van der Waals surface area contributed by atoms with Crippen molar-refractivity contribution in [2.45, 2.75) is 19.8 Å². The molecule has 4 rings (SSSR count). The Morgan fingerprint density at radius 3 is 2.88 bits per heavy atom. The zero-order chi connectivity index (χ0) is 18.1. The maximum atomic E-state index is 11.4. The van der Waals surface area contributed by atoms with E-state index in [-0.39, 0.29) is 5.56 Å². The number of rotatable bonds is 7. The van der Waals surface area contributed by atoms with Crippen LogP contribution < -0.4 is 9.47 Å². The largest absolute Gasteiger partial charge is 0.494 e. The molecule has 3 aromatic rings. The minimum atomic E-state index is -1.03. The predicted octanol–water partition coefficient (Wildman–Crippen LogP) is 3.51. The van der Waals surface area contributed by atoms with E-state index < -0.39 is 5.97 Å². The van der Waals surface area contributed by atoms with E-state index in [1.165, 1.54) is 25.4 Å². The van der Waals surface area contributed by atoms with E-state index in [9.17, 15) is 9.90 Å². The molecule has 0 amide bonds. The van der Waals surface area contributed by atoms with E-state index in [1.54, 1.807) is 0 Å². The summed E-state index contributed by atoms with van der Waals surface area (Å²) in [5, 5.41) is 9.31. The number of nitrogens with zero attached hydrogens (tertiary/aromatic N) is 2. The second-order valence-electron chi connectivity index (χ2n) is 6.30. The first-order valence-electron chi connectivity index (χ1n) is 8.62. The van der Waals surface area contributed by atoms with Gasteiger partial charge in [0.25, 0.3) is 0 Å². The van der Waals surface area contributed by atoms with Gasteiger partial charge in [-0.2, -0.15) is 0 Å². The highest BCUT2D eigenvalue weighted by Crippen LogP contribution is 2.37. The van der Waals surface area contributed by atoms with Crippen molar-refractivity contribution in [2.75, 3.05) is 13.2 Å². The molecular formula is C19H19N3O4. The van der Waals surface area contributed by atoms with E-state index in [1.807, 2.05) is 25.1 Å². The first-order chi connectivity index (χ1) is 12.7. The van der Waals surface area contributed by atoms with E-state index >= 15 is 0 Å². The van der Waals surface area contributed by atoms with Gasteiger partial charge in [0.2, 0.25) is 0 Å². The number of aromatic amines is 1. The molecule has 0 unspecified atom stereocenters. The third-order valence-electron chi connectivity index (χ3n) is 4.38. The molecule has 0 saturated heterocycles. The van der Waals surface area contributed by atoms with Gasteiger partial charge in [-0.1, -0.05) is 0 Å². The molecule has 0 bridgehead atoms. The predicted molar refractivity (Wildman–Crippen MR) is 95.7 cm³/mol. The van der Waals surface area contributed by atoms with Crippen LogP contribution in [0.3, 0.4) is 0 Å². The number of H-pyrrole nitrogens is 1. The van der Waals surface area contributed by atoms with Crippen molar-refractivity contribution in [1.29, 1.82) is 0 Å². The average molecular weight is 353 g/mol. The number of aromatic carboxylic acids is 1. The molecular weight excluding hydrogens is 334 g/mol. The van der Waals surface area contributed by atoms with Crippen LogP contribution in [0.4, 0.5) is 0 Å². The van der Waals surface area contributed by atoms with Crippen molar-refractivity contribution >= 4 is 17.0 Å². The van der Waals surface area contributed by atoms with Gasteiger partial charge in [-0.15, -0.1) is 0 Å². The van der Waals surface area contributed by atoms with Gasteiger partial charge in [-0.05, 0) is 37.8 Å². The average Bonchev–Trinajstić information content (AvgIpc) is 3.36. The van der Waals surface area contributed by atoms with Crippen LogP contribution in [0.2, 0.25) is 0 Å². The molecule has 1 aliphatic carbocycles. The Bertz CT molecular complexity index is 963. The topological polar surface area (TPSA) is 97.3 Å². The quantitative estimate of drug-likeness (QED) is 0.674. The first kappa shape index (κ1) is 16.4. The Hall–Kier alpha value is -3.09. The molecule has 1 fully saturated rings. The summed E-state index contributed by atoms with van der Waals surface area (Å²) in [5.74, 6) is 0.977. The monoisotopic (exact) mass is 353 g/mol. The smallest absolute Gasteiger partial charge is 0.339 e. The van der Waals surface area contributed by atoms with Crippen LogP contribution in [0.15, 0.2) is 30.7 Å². The summed E-state index contributed by atoms with van der Waals surface area (Å²) in [6.45, 7) is 3.15. The van der Waals surface area contributed by atoms with Gasteiger partial charge >= 0.3 is 5.97 Å². The minimum Gasteiger partial charge on any atom is -0.494 e. The highest BCUT2D eigenvalue weighted by atomic mass is 16.5. The van der Waals surface area contributed by atoms with Gasteiger partial charge in [0.05, 0.1) is 18.7 Å². The molecule has 7 nitrogen and oxygen atoms in total. The Kier molecular flexibility index (Phi) is 4.20. The van der Waals surface area contributed by atoms with Crippen molar-refractivity contribution < 1.29 is 19.4 Å². The van der Waals surface area contributed by atoms with Crippen molar-refractivity contribution in [3.8, 4) is 22.8 Å². The first-order valence-corrected chi connectivity index (χ1v) is 8.62. The highest BCUT2D eigenvalue weighted by molar-refractivity contribution is 6.04. The molecule has 26 heavy (non-hydrogen) atoms. The van der Waals surface area contributed by atoms with Crippen molar-refractivity contribution in [3.05, 3.63) is 36.3 Å². The zero-order valence-electron chi connectivity index (χ0n) is 14.4. The molecule has 1 saturated carbocycles. The lowest BCUT2D eigenvalue weighted by molar-refractivity contribution is 0.0699. The lowest BCUT2D eigenvalue weighted by Crippen LogP contribution is -2.02. The van der Waals surface area contributed by atoms with Crippen molar-refractivity contribution in [3.63, 3.8) is 0 Å². The number of benzene rings is 1. The second-order valence-corrected chi connectivity index (χ2v) is 6.30. The number of fused-ring (bicyclic) bond motifs is 1. The third kappa shape index (κ3) is 3.08. The molecule has 0 radical (unpaired) electrons. The molecule has 134 valence electrons. The van der Waals surface area contributed by atoms with Gasteiger partial charge in [0.1, 0.15) is 34.6 Å². The zero-order valence-corrected chi connectivity index (χ0v) is 14.4. The normalized spacial score (nSPS) is 13.7. The number of carboxylic acid groups (broad SMARTS) is 1. The molecule has 2 aromatic heterocycles. The number of ether oxygens (including phenoxy) is 2. The number of nitrogens with one attached hydrogen (secondary N) is 1. The van der Waals surface area contributed by atoms with Crippen LogP contribution in [-0.2, 0) is 0 Å². The summed E-state index contributed by atoms with van der Waals surface area (Å²) >= 11 is 0. The van der Waals surface area contributed by atoms with Crippen molar-refractivity contribution in [1.82, 2.24) is 15.0 Å². The SMILES string of the molecule is CCOc1ccc(-c2ncnc3c(C(=O)O)c[nH]c23)c(OCC2CC2)c1. The standard InChI is InChI=1S/C19H19N3O4/c1-2-25-12-5-6-13(15(7-12)26-9-11-3-4-11)16-18-17(22-10-21-16)14(8-20-18)19(23)24/h5-8,10-11,20H,2-4,9H2,1H3,(H,23,24). The van der Waals surface area contributed by atoms with E-state index in [0.717, 1.165) is 11.3 Å². The highest BCUT2D eigenvalue weighted by Gasteiger charge is 2.24. The van der Waals surface area contributed by atoms with Crippen LogP contribution in [0.25, 0.3) is 22.3 Å². The van der Waals surface area contributed by atoms with E-state index in [2.05, 4.69) is 15.0 Å². The van der Waals surface area contributed by atoms with Crippen molar-refractivity contribution in [2.24, 2.45) is 5.92 Å². The van der Waals surface area contributed by atoms with Crippen LogP contribution in [0, 0.1) is 5.92 Å². The van der Waals surface area contributed by atoms with E-state index in [4.69, 9.17) is 9.47 Å². The summed E-state index contributed by atoms with van der Waals surface area (Å²) in [7, 11) is 0. The molecule has 7 heteroatoms. The van der Waals surface area contributed by atoms with Crippen LogP contribution in [-0.4, -0.2) is 39.2 Å². The lowest BCUT2D eigenvalue weighted by Gasteiger charge is -2.13. The summed E-state index contributed by atoms with van der Waals surface area (Å²) in [4.78, 5) is 22.9. The maximum Gasteiger partial charge on any atom is 0.339 e. The summed E-state index contributed by atoms with van der Waals surface area (Å²) in [6.07, 6.45) is 5.19. The fraction of sp³-hybridized carbons (Fsp3) is 0.316. The second kappa shape index (κ2) is 6.67. The van der Waals surface area contributed by atoms with Gasteiger partial charge in [-0.25, -0.2) is 14.8 Å². The molecule has 0 atom stereocenters. The summed E-state index contributed by atoms with van der Waals surface area (Å²) in [5.41, 5.74) is 2.46. The Morgan fingerprint density at radius 2 is 2.15 bits per heavy atom. The van der Waals surface area contributed by atoms with E-state index in [0.29, 0.717) is 41.6 Å². The lowest BCUT2D eigenvalue weighted by atomic mass is 10.1. The Labute approximate surface area is 150 Å². The van der Waals surface area contributed by atoms with Gasteiger partial charge < -0.3 is 19.6 Å². The molecule has 2 heterocycles. The van der Waals surface area contributed by atoms with Gasteiger partial charge in [0.15, 0.2) is 0 Å². The molecule has 2 N–H and O–H groups in total. The van der Waals surface area contributed by atoms with Gasteiger partial charge in [-0.3, -0.25) is 0 Å².